The van der Waals surface area contributed by atoms with Crippen LogP contribution in [0, 0.1) is 5.92 Å². The first-order valence-electron chi connectivity index (χ1n) is 15.3. The molecule has 2 unspecified atom stereocenters. The standard InChI is InChI=1S/C32H46F3N7O2/c1-19(2)38-28(44)23-9-8-10-25(23)40-26-24(32(33,34)35)18-37-29(41-26)36-17-20-11-13-21(14-12-20)27(43)39-22-15-30(3,4)42(7)31(5,6)16-22/h11-14,18-19,22-23,25H,8-10,15-17H2,1-7H3,(H,38,44)(H,39,43)(H2,36,37,40,41). The van der Waals surface area contributed by atoms with E-state index in [0.717, 1.165) is 31.0 Å². The number of nitrogens with one attached hydrogen (secondary N) is 4. The number of aromatic nitrogens is 2. The lowest BCUT2D eigenvalue weighted by molar-refractivity contribution is -0.137. The molecule has 1 saturated heterocycles. The molecule has 0 spiro atoms. The van der Waals surface area contributed by atoms with Gasteiger partial charge < -0.3 is 21.3 Å². The number of amides is 2. The molecule has 0 radical (unpaired) electrons. The van der Waals surface area contributed by atoms with Crippen molar-refractivity contribution in [1.82, 2.24) is 25.5 Å². The maximum absolute atomic E-state index is 13.8. The quantitative estimate of drug-likeness (QED) is 0.290. The summed E-state index contributed by atoms with van der Waals surface area (Å²) in [6.45, 7) is 12.7. The Labute approximate surface area is 258 Å². The van der Waals surface area contributed by atoms with E-state index in [0.29, 0.717) is 18.4 Å². The molecular weight excluding hydrogens is 571 g/mol. The highest BCUT2D eigenvalue weighted by atomic mass is 19.4. The SMILES string of the molecule is CC(C)NC(=O)C1CCCC1Nc1nc(NCc2ccc(C(=O)NC3CC(C)(C)N(C)C(C)(C)C3)cc2)ncc1C(F)(F)F. The average Bonchev–Trinajstić information content (AvgIpc) is 3.38. The largest absolute Gasteiger partial charge is 0.421 e. The van der Waals surface area contributed by atoms with Crippen LogP contribution in [0.2, 0.25) is 0 Å². The van der Waals surface area contributed by atoms with Crippen LogP contribution in [0.5, 0.6) is 0 Å². The Kier molecular flexibility index (Phi) is 9.82. The monoisotopic (exact) mass is 617 g/mol. The fourth-order valence-electron chi connectivity index (χ4n) is 6.50. The summed E-state index contributed by atoms with van der Waals surface area (Å²) >= 11 is 0. The number of carbonyl (C=O) groups is 2. The zero-order valence-corrected chi connectivity index (χ0v) is 26.7. The number of likely N-dealkylation sites (tertiary alicyclic amines) is 1. The molecule has 9 nitrogen and oxygen atoms in total. The summed E-state index contributed by atoms with van der Waals surface area (Å²) in [4.78, 5) is 36.1. The Balaban J connectivity index is 1.40. The number of carbonyl (C=O) groups excluding carboxylic acids is 2. The number of anilines is 2. The maximum atomic E-state index is 13.8. The third kappa shape index (κ3) is 7.99. The van der Waals surface area contributed by atoms with Crippen molar-refractivity contribution in [3.63, 3.8) is 0 Å². The molecule has 1 aromatic heterocycles. The first kappa shape index (κ1) is 33.5. The van der Waals surface area contributed by atoms with E-state index in [1.54, 1.807) is 24.3 Å². The van der Waals surface area contributed by atoms with Gasteiger partial charge in [0, 0.05) is 47.5 Å². The van der Waals surface area contributed by atoms with Gasteiger partial charge in [-0.05, 0) is 92.0 Å². The van der Waals surface area contributed by atoms with Crippen molar-refractivity contribution in [1.29, 1.82) is 0 Å². The van der Waals surface area contributed by atoms with Crippen LogP contribution in [0.4, 0.5) is 24.9 Å². The minimum absolute atomic E-state index is 0.0241. The second kappa shape index (κ2) is 12.9. The van der Waals surface area contributed by atoms with E-state index < -0.39 is 23.7 Å². The number of alkyl halides is 3. The van der Waals surface area contributed by atoms with Gasteiger partial charge in [-0.25, -0.2) is 4.98 Å². The number of benzene rings is 1. The normalized spacial score (nSPS) is 22.1. The summed E-state index contributed by atoms with van der Waals surface area (Å²) in [6, 6.07) is 6.58. The number of hydrogen-bond acceptors (Lipinski definition) is 7. The van der Waals surface area contributed by atoms with E-state index in [1.807, 2.05) is 13.8 Å². The number of rotatable bonds is 9. The highest BCUT2D eigenvalue weighted by Crippen LogP contribution is 2.38. The van der Waals surface area contributed by atoms with Crippen molar-refractivity contribution < 1.29 is 22.8 Å². The van der Waals surface area contributed by atoms with Gasteiger partial charge in [0.15, 0.2) is 0 Å². The summed E-state index contributed by atoms with van der Waals surface area (Å²) in [5.41, 5.74) is 0.262. The molecule has 0 bridgehead atoms. The van der Waals surface area contributed by atoms with Gasteiger partial charge in [-0.3, -0.25) is 14.5 Å². The van der Waals surface area contributed by atoms with Gasteiger partial charge in [0.2, 0.25) is 11.9 Å². The second-order valence-corrected chi connectivity index (χ2v) is 13.7. The van der Waals surface area contributed by atoms with E-state index in [9.17, 15) is 22.8 Å². The molecule has 2 atom stereocenters. The molecule has 1 saturated carbocycles. The average molecular weight is 618 g/mol. The van der Waals surface area contributed by atoms with Gasteiger partial charge in [0.25, 0.3) is 5.91 Å². The Hall–Kier alpha value is -3.41. The van der Waals surface area contributed by atoms with Crippen LogP contribution in [0.3, 0.4) is 0 Å². The van der Waals surface area contributed by atoms with E-state index in [4.69, 9.17) is 0 Å². The summed E-state index contributed by atoms with van der Waals surface area (Å²) < 4.78 is 41.5. The fourth-order valence-corrected chi connectivity index (χ4v) is 6.50. The summed E-state index contributed by atoms with van der Waals surface area (Å²) in [5.74, 6) is -1.09. The molecule has 4 rings (SSSR count). The number of halogens is 3. The Morgan fingerprint density at radius 3 is 2.27 bits per heavy atom. The number of hydrogen-bond donors (Lipinski definition) is 4. The van der Waals surface area contributed by atoms with Gasteiger partial charge in [-0.1, -0.05) is 18.6 Å². The predicted molar refractivity (Wildman–Crippen MR) is 165 cm³/mol. The molecule has 44 heavy (non-hydrogen) atoms. The minimum atomic E-state index is -4.66. The van der Waals surface area contributed by atoms with Gasteiger partial charge >= 0.3 is 6.18 Å². The predicted octanol–water partition coefficient (Wildman–Crippen LogP) is 5.59. The topological polar surface area (TPSA) is 111 Å². The van der Waals surface area contributed by atoms with Crippen molar-refractivity contribution in [3.8, 4) is 0 Å². The first-order valence-corrected chi connectivity index (χ1v) is 15.3. The van der Waals surface area contributed by atoms with Crippen LogP contribution in [-0.2, 0) is 17.5 Å². The van der Waals surface area contributed by atoms with Crippen molar-refractivity contribution >= 4 is 23.6 Å². The molecule has 2 heterocycles. The molecule has 1 aromatic carbocycles. The summed E-state index contributed by atoms with van der Waals surface area (Å²) in [7, 11) is 2.12. The Morgan fingerprint density at radius 1 is 1.05 bits per heavy atom. The molecule has 2 aliphatic rings. The van der Waals surface area contributed by atoms with Crippen LogP contribution in [0.25, 0.3) is 0 Å². The lowest BCUT2D eigenvalue weighted by Gasteiger charge is -2.53. The zero-order chi connectivity index (χ0) is 32.4. The third-order valence-corrected chi connectivity index (χ3v) is 9.01. The summed E-state index contributed by atoms with van der Waals surface area (Å²) in [6.07, 6.45) is -0.329. The number of nitrogens with zero attached hydrogens (tertiary/aromatic N) is 3. The fraction of sp³-hybridized carbons (Fsp3) is 0.625. The van der Waals surface area contributed by atoms with Crippen LogP contribution in [-0.4, -0.2) is 62.9 Å². The van der Waals surface area contributed by atoms with Crippen molar-refractivity contribution in [2.24, 2.45) is 5.92 Å². The van der Waals surface area contributed by atoms with E-state index in [-0.39, 0.29) is 53.3 Å². The number of piperidine rings is 1. The lowest BCUT2D eigenvalue weighted by Crippen LogP contribution is -2.62. The van der Waals surface area contributed by atoms with Gasteiger partial charge in [-0.15, -0.1) is 0 Å². The van der Waals surface area contributed by atoms with E-state index in [2.05, 4.69) is 70.9 Å². The molecule has 1 aliphatic heterocycles. The van der Waals surface area contributed by atoms with Gasteiger partial charge in [-0.2, -0.15) is 18.2 Å². The van der Waals surface area contributed by atoms with Crippen LogP contribution < -0.4 is 21.3 Å². The first-order chi connectivity index (χ1) is 20.5. The van der Waals surface area contributed by atoms with Crippen LogP contribution >= 0.6 is 0 Å². The van der Waals surface area contributed by atoms with Crippen molar-refractivity contribution in [2.45, 2.75) is 116 Å². The van der Waals surface area contributed by atoms with Crippen molar-refractivity contribution in [2.75, 3.05) is 17.7 Å². The molecule has 1 aliphatic carbocycles. The van der Waals surface area contributed by atoms with Gasteiger partial charge in [0.1, 0.15) is 11.4 Å². The zero-order valence-electron chi connectivity index (χ0n) is 26.7. The van der Waals surface area contributed by atoms with E-state index in [1.165, 1.54) is 0 Å². The highest BCUT2D eigenvalue weighted by molar-refractivity contribution is 5.94. The molecule has 2 amide bonds. The molecule has 2 fully saturated rings. The Bertz CT molecular complexity index is 1310. The maximum Gasteiger partial charge on any atom is 0.421 e. The van der Waals surface area contributed by atoms with Crippen LogP contribution in [0.15, 0.2) is 30.5 Å². The third-order valence-electron chi connectivity index (χ3n) is 9.01. The molecule has 4 N–H and O–H groups in total. The molecule has 2 aromatic rings. The van der Waals surface area contributed by atoms with Crippen molar-refractivity contribution in [3.05, 3.63) is 47.2 Å². The molecule has 12 heteroatoms. The second-order valence-electron chi connectivity index (χ2n) is 13.7. The van der Waals surface area contributed by atoms with Gasteiger partial charge in [0.05, 0.1) is 5.92 Å². The minimum Gasteiger partial charge on any atom is -0.366 e. The lowest BCUT2D eigenvalue weighted by atomic mass is 9.77. The summed E-state index contributed by atoms with van der Waals surface area (Å²) in [5, 5.41) is 11.9. The molecule has 242 valence electrons. The molecular formula is C32H46F3N7O2. The van der Waals surface area contributed by atoms with Crippen LogP contribution in [0.1, 0.15) is 95.1 Å². The smallest absolute Gasteiger partial charge is 0.366 e. The Morgan fingerprint density at radius 2 is 1.68 bits per heavy atom. The highest BCUT2D eigenvalue weighted by Gasteiger charge is 2.43. The van der Waals surface area contributed by atoms with E-state index >= 15 is 0 Å².